The molecular weight excluding hydrogens is 468 g/mol. The summed E-state index contributed by atoms with van der Waals surface area (Å²) in [4.78, 5) is 40.9. The highest BCUT2D eigenvalue weighted by Gasteiger charge is 2.48. The molecule has 2 heterocycles. The van der Waals surface area contributed by atoms with Crippen LogP contribution >= 0.6 is 0 Å². The summed E-state index contributed by atoms with van der Waals surface area (Å²) < 4.78 is 16.5. The molecule has 10 nitrogen and oxygen atoms in total. The molecule has 1 aromatic rings. The second-order valence-electron chi connectivity index (χ2n) is 10.2. The SMILES string of the molecule is CCOC(=O)C1=C(c2ccc(OC[C@@H](C)CO)cc2)C[C@H]2CN(C(=O)OC(C)(C)C)C[C@@H]1N2C(=O)O. The van der Waals surface area contributed by atoms with Crippen LogP contribution in [0.15, 0.2) is 29.8 Å². The van der Waals surface area contributed by atoms with Gasteiger partial charge in [-0.05, 0) is 57.4 Å². The largest absolute Gasteiger partial charge is 0.493 e. The zero-order valence-electron chi connectivity index (χ0n) is 21.5. The molecule has 1 aromatic carbocycles. The lowest BCUT2D eigenvalue weighted by Crippen LogP contribution is -2.64. The Morgan fingerprint density at radius 3 is 2.36 bits per heavy atom. The molecule has 1 fully saturated rings. The van der Waals surface area contributed by atoms with E-state index < -0.39 is 35.8 Å². The maximum absolute atomic E-state index is 13.2. The molecule has 2 bridgehead atoms. The normalized spacial score (nSPS) is 20.6. The number of benzene rings is 1. The van der Waals surface area contributed by atoms with Crippen LogP contribution in [0.1, 0.15) is 46.6 Å². The smallest absolute Gasteiger partial charge is 0.410 e. The zero-order valence-corrected chi connectivity index (χ0v) is 21.5. The number of ether oxygens (including phenoxy) is 3. The number of carbonyl (C=O) groups excluding carboxylic acids is 2. The third-order valence-electron chi connectivity index (χ3n) is 6.07. The molecule has 3 atom stereocenters. The molecule has 1 saturated heterocycles. The third kappa shape index (κ3) is 6.29. The van der Waals surface area contributed by atoms with Gasteiger partial charge in [-0.2, -0.15) is 0 Å². The standard InChI is InChI=1S/C26H36N2O8/c1-6-34-23(30)22-20(17-7-9-19(10-8-17)35-15-16(2)14-29)11-18-12-27(25(33)36-26(3,4)5)13-21(22)28(18)24(31)32/h7-10,16,18,21,29H,6,11-15H2,1-5H3,(H,31,32)/t16-,18-,21-/m0/s1. The maximum Gasteiger partial charge on any atom is 0.410 e. The molecule has 0 aliphatic carbocycles. The highest BCUT2D eigenvalue weighted by molar-refractivity contribution is 6.00. The van der Waals surface area contributed by atoms with Crippen molar-refractivity contribution in [2.45, 2.75) is 58.7 Å². The number of carboxylic acid groups (broad SMARTS) is 1. The number of amides is 2. The van der Waals surface area contributed by atoms with Crippen LogP contribution in [0.3, 0.4) is 0 Å². The molecule has 0 aromatic heterocycles. The number of hydrogen-bond donors (Lipinski definition) is 2. The summed E-state index contributed by atoms with van der Waals surface area (Å²) in [6.45, 7) is 9.50. The summed E-state index contributed by atoms with van der Waals surface area (Å²) in [5, 5.41) is 19.2. The highest BCUT2D eigenvalue weighted by Crippen LogP contribution is 2.39. The number of aliphatic hydroxyl groups excluding tert-OH is 1. The minimum Gasteiger partial charge on any atom is -0.493 e. The van der Waals surface area contributed by atoms with Gasteiger partial charge in [-0.3, -0.25) is 4.90 Å². The Labute approximate surface area is 211 Å². The van der Waals surface area contributed by atoms with Gasteiger partial charge in [-0.15, -0.1) is 0 Å². The molecule has 36 heavy (non-hydrogen) atoms. The van der Waals surface area contributed by atoms with Crippen molar-refractivity contribution in [1.29, 1.82) is 0 Å². The van der Waals surface area contributed by atoms with Gasteiger partial charge in [0.15, 0.2) is 0 Å². The van der Waals surface area contributed by atoms with Gasteiger partial charge in [0.2, 0.25) is 0 Å². The van der Waals surface area contributed by atoms with Gasteiger partial charge >= 0.3 is 18.2 Å². The average molecular weight is 505 g/mol. The molecule has 0 radical (unpaired) electrons. The number of nitrogens with zero attached hydrogens (tertiary/aromatic N) is 2. The summed E-state index contributed by atoms with van der Waals surface area (Å²) in [7, 11) is 0. The number of hydrogen-bond acceptors (Lipinski definition) is 7. The summed E-state index contributed by atoms with van der Waals surface area (Å²) in [5.41, 5.74) is 0.970. The van der Waals surface area contributed by atoms with E-state index in [1.807, 2.05) is 19.1 Å². The van der Waals surface area contributed by atoms with E-state index in [2.05, 4.69) is 0 Å². The first-order valence-corrected chi connectivity index (χ1v) is 12.2. The minimum absolute atomic E-state index is 0.00422. The van der Waals surface area contributed by atoms with Crippen molar-refractivity contribution in [3.05, 3.63) is 35.4 Å². The van der Waals surface area contributed by atoms with Crippen molar-refractivity contribution in [2.24, 2.45) is 5.92 Å². The first-order valence-electron chi connectivity index (χ1n) is 12.2. The molecule has 0 saturated carbocycles. The molecule has 2 aliphatic heterocycles. The van der Waals surface area contributed by atoms with E-state index >= 15 is 0 Å². The van der Waals surface area contributed by atoms with Crippen molar-refractivity contribution in [3.63, 3.8) is 0 Å². The van der Waals surface area contributed by atoms with Gasteiger partial charge in [0, 0.05) is 25.6 Å². The van der Waals surface area contributed by atoms with Crippen LogP contribution in [0.25, 0.3) is 5.57 Å². The van der Waals surface area contributed by atoms with E-state index in [1.165, 1.54) is 9.80 Å². The Morgan fingerprint density at radius 1 is 1.14 bits per heavy atom. The summed E-state index contributed by atoms with van der Waals surface area (Å²) in [6.07, 6.45) is -1.47. The fourth-order valence-electron chi connectivity index (χ4n) is 4.46. The third-order valence-corrected chi connectivity index (χ3v) is 6.07. The first-order chi connectivity index (χ1) is 16.9. The van der Waals surface area contributed by atoms with Crippen molar-refractivity contribution in [2.75, 3.05) is 32.9 Å². The summed E-state index contributed by atoms with van der Waals surface area (Å²) in [5.74, 6) is 0.0115. The predicted octanol–water partition coefficient (Wildman–Crippen LogP) is 3.38. The molecule has 2 aliphatic rings. The lowest BCUT2D eigenvalue weighted by Gasteiger charge is -2.49. The van der Waals surface area contributed by atoms with Crippen molar-refractivity contribution >= 4 is 23.7 Å². The lowest BCUT2D eigenvalue weighted by atomic mass is 9.82. The Kier molecular flexibility index (Phi) is 8.50. The van der Waals surface area contributed by atoms with E-state index in [1.54, 1.807) is 39.8 Å². The highest BCUT2D eigenvalue weighted by atomic mass is 16.6. The number of fused-ring (bicyclic) bond motifs is 2. The molecule has 10 heteroatoms. The number of piperazine rings is 1. The fraction of sp³-hybridized carbons (Fsp3) is 0.577. The molecule has 0 spiro atoms. The number of aliphatic hydroxyl groups is 1. The van der Waals surface area contributed by atoms with Gasteiger partial charge in [0.05, 0.1) is 30.9 Å². The van der Waals surface area contributed by atoms with E-state index in [-0.39, 0.29) is 44.2 Å². The fourth-order valence-corrected chi connectivity index (χ4v) is 4.46. The minimum atomic E-state index is -1.16. The van der Waals surface area contributed by atoms with E-state index in [9.17, 15) is 24.6 Å². The van der Waals surface area contributed by atoms with E-state index in [4.69, 9.17) is 14.2 Å². The zero-order chi connectivity index (χ0) is 26.6. The lowest BCUT2D eigenvalue weighted by molar-refractivity contribution is -0.139. The molecular formula is C26H36N2O8. The van der Waals surface area contributed by atoms with Crippen molar-refractivity contribution in [3.8, 4) is 5.75 Å². The van der Waals surface area contributed by atoms with Gasteiger partial charge < -0.3 is 29.3 Å². The van der Waals surface area contributed by atoms with Crippen molar-refractivity contribution in [1.82, 2.24) is 9.80 Å². The maximum atomic E-state index is 13.2. The average Bonchev–Trinajstić information content (AvgIpc) is 2.80. The molecule has 3 rings (SSSR count). The molecule has 2 N–H and O–H groups in total. The summed E-state index contributed by atoms with van der Waals surface area (Å²) >= 11 is 0. The van der Waals surface area contributed by atoms with E-state index in [0.29, 0.717) is 17.9 Å². The number of rotatable bonds is 7. The van der Waals surface area contributed by atoms with Crippen LogP contribution in [-0.2, 0) is 14.3 Å². The second-order valence-corrected chi connectivity index (χ2v) is 10.2. The summed E-state index contributed by atoms with van der Waals surface area (Å²) in [6, 6.07) is 5.76. The Balaban J connectivity index is 1.98. The number of carbonyl (C=O) groups is 3. The molecule has 2 amide bonds. The predicted molar refractivity (Wildman–Crippen MR) is 132 cm³/mol. The Morgan fingerprint density at radius 2 is 1.81 bits per heavy atom. The Hall–Kier alpha value is -3.27. The Bertz CT molecular complexity index is 998. The van der Waals surface area contributed by atoms with Crippen molar-refractivity contribution < 1.29 is 38.8 Å². The first kappa shape index (κ1) is 27.3. The van der Waals surface area contributed by atoms with Crippen LogP contribution in [0.5, 0.6) is 5.75 Å². The van der Waals surface area contributed by atoms with Crippen LogP contribution in [0, 0.1) is 5.92 Å². The molecule has 0 unspecified atom stereocenters. The van der Waals surface area contributed by atoms with Gasteiger partial charge in [-0.1, -0.05) is 19.1 Å². The second kappa shape index (κ2) is 11.2. The van der Waals surface area contributed by atoms with Gasteiger partial charge in [0.1, 0.15) is 11.4 Å². The van der Waals surface area contributed by atoms with Crippen LogP contribution in [0.4, 0.5) is 9.59 Å². The van der Waals surface area contributed by atoms with Gasteiger partial charge in [0.25, 0.3) is 0 Å². The van der Waals surface area contributed by atoms with Crippen LogP contribution in [0.2, 0.25) is 0 Å². The topological polar surface area (TPSA) is 126 Å². The number of esters is 1. The quantitative estimate of drug-likeness (QED) is 0.542. The van der Waals surface area contributed by atoms with Crippen LogP contribution < -0.4 is 4.74 Å². The van der Waals surface area contributed by atoms with E-state index in [0.717, 1.165) is 5.56 Å². The van der Waals surface area contributed by atoms with Crippen LogP contribution in [-0.4, -0.2) is 88.8 Å². The van der Waals surface area contributed by atoms with Gasteiger partial charge in [-0.25, -0.2) is 14.4 Å². The molecule has 198 valence electrons. The monoisotopic (exact) mass is 504 g/mol.